The van der Waals surface area contributed by atoms with Gasteiger partial charge in [-0.05, 0) is 48.4 Å². The molecule has 0 fully saturated rings. The van der Waals surface area contributed by atoms with E-state index in [1.54, 1.807) is 19.1 Å². The first-order valence-electron chi connectivity index (χ1n) is 6.02. The fraction of sp³-hybridized carbons (Fsp3) is 0.200. The number of aromatic nitrogens is 1. The van der Waals surface area contributed by atoms with Gasteiger partial charge in [0.15, 0.2) is 0 Å². The molecule has 2 rings (SSSR count). The SMILES string of the molecule is COC(=O)c1cc(CO)cc(-c2ccc(F)cc2C)n1. The Bertz CT molecular complexity index is 656. The number of methoxy groups -OCH3 is 1. The Morgan fingerprint density at radius 1 is 1.35 bits per heavy atom. The highest BCUT2D eigenvalue weighted by Gasteiger charge is 2.13. The summed E-state index contributed by atoms with van der Waals surface area (Å²) < 4.78 is 17.8. The van der Waals surface area contributed by atoms with Gasteiger partial charge in [0.2, 0.25) is 0 Å². The van der Waals surface area contributed by atoms with Crippen LogP contribution in [0.1, 0.15) is 21.6 Å². The van der Waals surface area contributed by atoms with Crippen LogP contribution in [-0.4, -0.2) is 23.2 Å². The quantitative estimate of drug-likeness (QED) is 0.874. The first kappa shape index (κ1) is 14.1. The van der Waals surface area contributed by atoms with Crippen molar-refractivity contribution in [2.24, 2.45) is 0 Å². The second-order valence-corrected chi connectivity index (χ2v) is 4.35. The van der Waals surface area contributed by atoms with Gasteiger partial charge in [-0.2, -0.15) is 0 Å². The van der Waals surface area contributed by atoms with E-state index in [1.165, 1.54) is 25.3 Å². The molecule has 104 valence electrons. The molecule has 1 aromatic carbocycles. The van der Waals surface area contributed by atoms with Crippen molar-refractivity contribution < 1.29 is 19.0 Å². The van der Waals surface area contributed by atoms with Crippen molar-refractivity contribution in [3.05, 3.63) is 53.0 Å². The van der Waals surface area contributed by atoms with Crippen LogP contribution < -0.4 is 0 Å². The lowest BCUT2D eigenvalue weighted by Crippen LogP contribution is -2.06. The predicted octanol–water partition coefficient (Wildman–Crippen LogP) is 2.48. The Hall–Kier alpha value is -2.27. The van der Waals surface area contributed by atoms with Gasteiger partial charge in [-0.3, -0.25) is 0 Å². The number of carbonyl (C=O) groups is 1. The van der Waals surface area contributed by atoms with Gasteiger partial charge in [0.05, 0.1) is 19.4 Å². The Morgan fingerprint density at radius 3 is 2.70 bits per heavy atom. The molecule has 4 nitrogen and oxygen atoms in total. The number of halogens is 1. The second kappa shape index (κ2) is 5.79. The van der Waals surface area contributed by atoms with Gasteiger partial charge in [-0.15, -0.1) is 0 Å². The number of aryl methyl sites for hydroxylation is 1. The molecule has 2 aromatic rings. The van der Waals surface area contributed by atoms with E-state index in [4.69, 9.17) is 0 Å². The first-order chi connectivity index (χ1) is 9.55. The molecule has 0 radical (unpaired) electrons. The monoisotopic (exact) mass is 275 g/mol. The smallest absolute Gasteiger partial charge is 0.356 e. The Labute approximate surface area is 115 Å². The molecule has 0 saturated heterocycles. The summed E-state index contributed by atoms with van der Waals surface area (Å²) in [6, 6.07) is 7.43. The number of esters is 1. The van der Waals surface area contributed by atoms with Gasteiger partial charge in [0.1, 0.15) is 11.5 Å². The third-order valence-electron chi connectivity index (χ3n) is 2.93. The van der Waals surface area contributed by atoms with Gasteiger partial charge in [0.25, 0.3) is 0 Å². The van der Waals surface area contributed by atoms with Crippen molar-refractivity contribution in [1.82, 2.24) is 4.98 Å². The summed E-state index contributed by atoms with van der Waals surface area (Å²) in [6.07, 6.45) is 0. The van der Waals surface area contributed by atoms with Crippen LogP contribution in [0.2, 0.25) is 0 Å². The maximum atomic E-state index is 13.1. The molecule has 0 bridgehead atoms. The number of benzene rings is 1. The van der Waals surface area contributed by atoms with Crippen LogP contribution in [0.15, 0.2) is 30.3 Å². The number of hydrogen-bond donors (Lipinski definition) is 1. The molecular formula is C15H14FNO3. The van der Waals surface area contributed by atoms with Gasteiger partial charge < -0.3 is 9.84 Å². The number of rotatable bonds is 3. The van der Waals surface area contributed by atoms with Crippen LogP contribution in [0.3, 0.4) is 0 Å². The van der Waals surface area contributed by atoms with Gasteiger partial charge in [-0.25, -0.2) is 14.2 Å². The van der Waals surface area contributed by atoms with Crippen LogP contribution in [0.4, 0.5) is 4.39 Å². The highest BCUT2D eigenvalue weighted by molar-refractivity contribution is 5.88. The van der Waals surface area contributed by atoms with E-state index in [1.807, 2.05) is 0 Å². The van der Waals surface area contributed by atoms with Crippen molar-refractivity contribution in [1.29, 1.82) is 0 Å². The number of aliphatic hydroxyl groups is 1. The number of nitrogens with zero attached hydrogens (tertiary/aromatic N) is 1. The Kier molecular flexibility index (Phi) is 4.10. The summed E-state index contributed by atoms with van der Waals surface area (Å²) in [7, 11) is 1.26. The minimum Gasteiger partial charge on any atom is -0.464 e. The number of pyridine rings is 1. The molecule has 0 unspecified atom stereocenters. The maximum Gasteiger partial charge on any atom is 0.356 e. The van der Waals surface area contributed by atoms with E-state index in [-0.39, 0.29) is 18.1 Å². The molecule has 20 heavy (non-hydrogen) atoms. The summed E-state index contributed by atoms with van der Waals surface area (Å²) in [5, 5.41) is 9.26. The Morgan fingerprint density at radius 2 is 2.10 bits per heavy atom. The third-order valence-corrected chi connectivity index (χ3v) is 2.93. The lowest BCUT2D eigenvalue weighted by atomic mass is 10.0. The van der Waals surface area contributed by atoms with Crippen molar-refractivity contribution in [2.75, 3.05) is 7.11 Å². The van der Waals surface area contributed by atoms with Crippen LogP contribution in [-0.2, 0) is 11.3 Å². The van der Waals surface area contributed by atoms with E-state index in [0.717, 1.165) is 0 Å². The maximum absolute atomic E-state index is 13.1. The second-order valence-electron chi connectivity index (χ2n) is 4.35. The fourth-order valence-corrected chi connectivity index (χ4v) is 1.94. The fourth-order valence-electron chi connectivity index (χ4n) is 1.94. The molecule has 1 N–H and O–H groups in total. The van der Waals surface area contributed by atoms with Crippen LogP contribution >= 0.6 is 0 Å². The number of carbonyl (C=O) groups excluding carboxylic acids is 1. The molecule has 5 heteroatoms. The minimum absolute atomic E-state index is 0.109. The predicted molar refractivity (Wildman–Crippen MR) is 71.6 cm³/mol. The van der Waals surface area contributed by atoms with Gasteiger partial charge in [0, 0.05) is 5.56 Å². The number of ether oxygens (including phenoxy) is 1. The van der Waals surface area contributed by atoms with Crippen molar-refractivity contribution >= 4 is 5.97 Å². The van der Waals surface area contributed by atoms with Crippen molar-refractivity contribution in [3.63, 3.8) is 0 Å². The summed E-state index contributed by atoms with van der Waals surface area (Å²) in [6.45, 7) is 1.53. The van der Waals surface area contributed by atoms with E-state index < -0.39 is 5.97 Å². The molecule has 0 aliphatic heterocycles. The lowest BCUT2D eigenvalue weighted by Gasteiger charge is -2.09. The van der Waals surface area contributed by atoms with Gasteiger partial charge >= 0.3 is 5.97 Å². The average Bonchev–Trinajstić information content (AvgIpc) is 2.45. The number of aliphatic hydroxyl groups excluding tert-OH is 1. The molecule has 0 aliphatic carbocycles. The van der Waals surface area contributed by atoms with Crippen molar-refractivity contribution in [2.45, 2.75) is 13.5 Å². The lowest BCUT2D eigenvalue weighted by molar-refractivity contribution is 0.0594. The summed E-state index contributed by atoms with van der Waals surface area (Å²) >= 11 is 0. The molecule has 1 heterocycles. The molecule has 1 aromatic heterocycles. The first-order valence-corrected chi connectivity index (χ1v) is 6.02. The molecule has 0 saturated carbocycles. The van der Waals surface area contributed by atoms with E-state index in [2.05, 4.69) is 9.72 Å². The molecule has 0 spiro atoms. The molecule has 0 amide bonds. The minimum atomic E-state index is -0.582. The molecule has 0 atom stereocenters. The van der Waals surface area contributed by atoms with E-state index in [0.29, 0.717) is 22.4 Å². The summed E-state index contributed by atoms with van der Waals surface area (Å²) in [5.41, 5.74) is 2.54. The van der Waals surface area contributed by atoms with E-state index >= 15 is 0 Å². The standard InChI is InChI=1S/C15H14FNO3/c1-9-5-11(16)3-4-12(9)13-6-10(8-18)7-14(17-13)15(19)20-2/h3-7,18H,8H2,1-2H3. The van der Waals surface area contributed by atoms with Gasteiger partial charge in [-0.1, -0.05) is 0 Å². The highest BCUT2D eigenvalue weighted by atomic mass is 19.1. The van der Waals surface area contributed by atoms with Crippen molar-refractivity contribution in [3.8, 4) is 11.3 Å². The van der Waals surface area contributed by atoms with Crippen LogP contribution in [0.5, 0.6) is 0 Å². The molecular weight excluding hydrogens is 261 g/mol. The molecule has 0 aliphatic rings. The zero-order valence-corrected chi connectivity index (χ0v) is 11.2. The largest absolute Gasteiger partial charge is 0.464 e. The summed E-state index contributed by atoms with van der Waals surface area (Å²) in [5.74, 6) is -0.918. The zero-order chi connectivity index (χ0) is 14.7. The zero-order valence-electron chi connectivity index (χ0n) is 11.2. The third kappa shape index (κ3) is 2.83. The van der Waals surface area contributed by atoms with Crippen LogP contribution in [0, 0.1) is 12.7 Å². The Balaban J connectivity index is 2.58. The summed E-state index contributed by atoms with van der Waals surface area (Å²) in [4.78, 5) is 15.8. The van der Waals surface area contributed by atoms with E-state index in [9.17, 15) is 14.3 Å². The average molecular weight is 275 g/mol. The highest BCUT2D eigenvalue weighted by Crippen LogP contribution is 2.24. The topological polar surface area (TPSA) is 59.4 Å². The number of hydrogen-bond acceptors (Lipinski definition) is 4. The normalized spacial score (nSPS) is 10.4. The van der Waals surface area contributed by atoms with Crippen LogP contribution in [0.25, 0.3) is 11.3 Å².